The molecule has 130 valence electrons. The highest BCUT2D eigenvalue weighted by molar-refractivity contribution is 7.89. The van der Waals surface area contributed by atoms with Crippen LogP contribution in [0.25, 0.3) is 11.5 Å². The van der Waals surface area contributed by atoms with Gasteiger partial charge >= 0.3 is 0 Å². The molecular formula is C17H23N3O3S. The van der Waals surface area contributed by atoms with Gasteiger partial charge < -0.3 is 4.42 Å². The minimum absolute atomic E-state index is 0.211. The number of sulfonamides is 1. The Morgan fingerprint density at radius 2 is 1.96 bits per heavy atom. The fraction of sp³-hybridized carbons (Fsp3) is 0.529. The topological polar surface area (TPSA) is 85.1 Å². The van der Waals surface area contributed by atoms with Crippen LogP contribution in [0.1, 0.15) is 43.6 Å². The summed E-state index contributed by atoms with van der Waals surface area (Å²) in [6.07, 6.45) is 7.21. The molecule has 1 aliphatic carbocycles. The van der Waals surface area contributed by atoms with Gasteiger partial charge in [-0.25, -0.2) is 13.1 Å². The standard InChI is InChI=1S/C17H23N3O3S/c1-12-19-20-17(23-12)16-11-15(24(21,22)18-2)9-8-14(16)10-13-6-4-3-5-7-13/h8-9,11,13,18H,3-7,10H2,1-2H3. The molecule has 0 saturated heterocycles. The highest BCUT2D eigenvalue weighted by atomic mass is 32.2. The Labute approximate surface area is 142 Å². The van der Waals surface area contributed by atoms with E-state index in [1.165, 1.54) is 39.2 Å². The molecule has 7 heteroatoms. The average molecular weight is 349 g/mol. The van der Waals surface area contributed by atoms with Gasteiger partial charge in [0.25, 0.3) is 0 Å². The Morgan fingerprint density at radius 1 is 1.21 bits per heavy atom. The lowest BCUT2D eigenvalue weighted by molar-refractivity contribution is 0.356. The van der Waals surface area contributed by atoms with Gasteiger partial charge in [0.2, 0.25) is 21.8 Å². The van der Waals surface area contributed by atoms with Crippen molar-refractivity contribution in [2.75, 3.05) is 7.05 Å². The normalized spacial score (nSPS) is 16.4. The van der Waals surface area contributed by atoms with E-state index in [4.69, 9.17) is 4.42 Å². The Balaban J connectivity index is 2.00. The number of hydrogen-bond acceptors (Lipinski definition) is 5. The summed E-state index contributed by atoms with van der Waals surface area (Å²) in [5, 5.41) is 7.97. The summed E-state index contributed by atoms with van der Waals surface area (Å²) in [6, 6.07) is 5.17. The van der Waals surface area contributed by atoms with Gasteiger partial charge in [0.1, 0.15) is 0 Å². The largest absolute Gasteiger partial charge is 0.421 e. The van der Waals surface area contributed by atoms with Gasteiger partial charge in [-0.3, -0.25) is 0 Å². The molecule has 1 saturated carbocycles. The number of aromatic nitrogens is 2. The number of aryl methyl sites for hydroxylation is 1. The van der Waals surface area contributed by atoms with Gasteiger partial charge in [0.05, 0.1) is 4.90 Å². The Bertz CT molecular complexity index is 808. The summed E-state index contributed by atoms with van der Waals surface area (Å²) in [5.41, 5.74) is 1.79. The maximum absolute atomic E-state index is 12.1. The second-order valence-electron chi connectivity index (χ2n) is 6.36. The minimum atomic E-state index is -3.51. The van der Waals surface area contributed by atoms with E-state index in [1.54, 1.807) is 19.1 Å². The quantitative estimate of drug-likeness (QED) is 0.896. The maximum atomic E-state index is 12.1. The van der Waals surface area contributed by atoms with Crippen molar-refractivity contribution in [2.45, 2.75) is 50.3 Å². The fourth-order valence-corrected chi connectivity index (χ4v) is 4.08. The van der Waals surface area contributed by atoms with E-state index in [0.717, 1.165) is 17.5 Å². The smallest absolute Gasteiger partial charge is 0.248 e. The number of nitrogens with zero attached hydrogens (tertiary/aromatic N) is 2. The van der Waals surface area contributed by atoms with Crippen molar-refractivity contribution < 1.29 is 12.8 Å². The lowest BCUT2D eigenvalue weighted by Gasteiger charge is -2.22. The van der Waals surface area contributed by atoms with Gasteiger partial charge in [-0.05, 0) is 37.1 Å². The molecule has 0 amide bonds. The Kier molecular flexibility index (Phi) is 5.01. The van der Waals surface area contributed by atoms with Gasteiger partial charge in [0, 0.05) is 12.5 Å². The van der Waals surface area contributed by atoms with Gasteiger partial charge in [-0.15, -0.1) is 10.2 Å². The lowest BCUT2D eigenvalue weighted by Crippen LogP contribution is -2.19. The first-order valence-electron chi connectivity index (χ1n) is 8.36. The van der Waals surface area contributed by atoms with Crippen molar-refractivity contribution in [2.24, 2.45) is 5.92 Å². The van der Waals surface area contributed by atoms with Crippen LogP contribution in [-0.4, -0.2) is 25.7 Å². The fourth-order valence-electron chi connectivity index (χ4n) is 3.33. The summed E-state index contributed by atoms with van der Waals surface area (Å²) in [4.78, 5) is 0.211. The minimum Gasteiger partial charge on any atom is -0.421 e. The van der Waals surface area contributed by atoms with Gasteiger partial charge in [-0.2, -0.15) is 0 Å². The lowest BCUT2D eigenvalue weighted by atomic mass is 9.84. The van der Waals surface area contributed by atoms with E-state index in [0.29, 0.717) is 17.7 Å². The predicted octanol–water partition coefficient (Wildman–Crippen LogP) is 3.08. The zero-order valence-electron chi connectivity index (χ0n) is 14.1. The van der Waals surface area contributed by atoms with E-state index in [-0.39, 0.29) is 4.90 Å². The molecule has 0 aliphatic heterocycles. The summed E-state index contributed by atoms with van der Waals surface area (Å²) in [7, 11) is -2.11. The molecule has 0 spiro atoms. The Hall–Kier alpha value is -1.73. The molecule has 0 unspecified atom stereocenters. The Morgan fingerprint density at radius 3 is 2.58 bits per heavy atom. The molecule has 1 aromatic carbocycles. The molecule has 0 bridgehead atoms. The average Bonchev–Trinajstić information content (AvgIpc) is 3.02. The van der Waals surface area contributed by atoms with Crippen molar-refractivity contribution in [3.05, 3.63) is 29.7 Å². The molecule has 24 heavy (non-hydrogen) atoms. The molecule has 2 aromatic rings. The van der Waals surface area contributed by atoms with Crippen molar-refractivity contribution in [3.63, 3.8) is 0 Å². The van der Waals surface area contributed by atoms with Crippen LogP contribution >= 0.6 is 0 Å². The summed E-state index contributed by atoms with van der Waals surface area (Å²) in [5.74, 6) is 1.48. The van der Waals surface area contributed by atoms with Crippen LogP contribution in [0.15, 0.2) is 27.5 Å². The zero-order chi connectivity index (χ0) is 17.2. The van der Waals surface area contributed by atoms with Crippen LogP contribution in [0.3, 0.4) is 0 Å². The third-order valence-electron chi connectivity index (χ3n) is 4.65. The monoisotopic (exact) mass is 349 g/mol. The van der Waals surface area contributed by atoms with Gasteiger partial charge in [-0.1, -0.05) is 38.2 Å². The first-order chi connectivity index (χ1) is 11.5. The highest BCUT2D eigenvalue weighted by Gasteiger charge is 2.21. The van der Waals surface area contributed by atoms with E-state index in [1.807, 2.05) is 6.07 Å². The van der Waals surface area contributed by atoms with Crippen molar-refractivity contribution in [3.8, 4) is 11.5 Å². The van der Waals surface area contributed by atoms with Crippen LogP contribution in [0.5, 0.6) is 0 Å². The van der Waals surface area contributed by atoms with Crippen LogP contribution in [-0.2, 0) is 16.4 Å². The predicted molar refractivity (Wildman–Crippen MR) is 91.0 cm³/mol. The number of benzene rings is 1. The maximum Gasteiger partial charge on any atom is 0.248 e. The first kappa shape index (κ1) is 17.1. The summed E-state index contributed by atoms with van der Waals surface area (Å²) < 4.78 is 32.1. The molecule has 1 aromatic heterocycles. The molecule has 0 atom stereocenters. The van der Waals surface area contributed by atoms with Crippen LogP contribution < -0.4 is 4.72 Å². The van der Waals surface area contributed by atoms with E-state index < -0.39 is 10.0 Å². The molecule has 3 rings (SSSR count). The number of rotatable bonds is 5. The first-order valence-corrected chi connectivity index (χ1v) is 9.85. The van der Waals surface area contributed by atoms with Crippen molar-refractivity contribution >= 4 is 10.0 Å². The van der Waals surface area contributed by atoms with Crippen LogP contribution in [0.4, 0.5) is 0 Å². The second kappa shape index (κ2) is 7.03. The zero-order valence-corrected chi connectivity index (χ0v) is 14.9. The van der Waals surface area contributed by atoms with E-state index in [2.05, 4.69) is 14.9 Å². The molecule has 1 aliphatic rings. The molecule has 0 radical (unpaired) electrons. The summed E-state index contributed by atoms with van der Waals surface area (Å²) in [6.45, 7) is 1.73. The SMILES string of the molecule is CNS(=O)(=O)c1ccc(CC2CCCCC2)c(-c2nnc(C)o2)c1. The number of nitrogens with one attached hydrogen (secondary N) is 1. The van der Waals surface area contributed by atoms with E-state index in [9.17, 15) is 8.42 Å². The van der Waals surface area contributed by atoms with Crippen LogP contribution in [0.2, 0.25) is 0 Å². The summed E-state index contributed by atoms with van der Waals surface area (Å²) >= 11 is 0. The molecule has 6 nitrogen and oxygen atoms in total. The number of hydrogen-bond donors (Lipinski definition) is 1. The molecule has 1 heterocycles. The van der Waals surface area contributed by atoms with Gasteiger partial charge in [0.15, 0.2) is 0 Å². The molecule has 1 N–H and O–H groups in total. The molecular weight excluding hydrogens is 326 g/mol. The second-order valence-corrected chi connectivity index (χ2v) is 8.25. The molecule has 1 fully saturated rings. The highest BCUT2D eigenvalue weighted by Crippen LogP contribution is 2.32. The van der Waals surface area contributed by atoms with Crippen LogP contribution in [0, 0.1) is 12.8 Å². The van der Waals surface area contributed by atoms with Crippen molar-refractivity contribution in [1.82, 2.24) is 14.9 Å². The van der Waals surface area contributed by atoms with Crippen molar-refractivity contribution in [1.29, 1.82) is 0 Å². The third-order valence-corrected chi connectivity index (χ3v) is 6.06. The third kappa shape index (κ3) is 3.67. The van der Waals surface area contributed by atoms with E-state index >= 15 is 0 Å².